The third-order valence-electron chi connectivity index (χ3n) is 5.06. The standard InChI is InChI=1S/C20H25N3/c1-15-10-12-22(14-20(2,3)13-15)19-18-9-6-11-23(18)17-8-5-4-7-16(17)21-19/h4-9,11,15H,10,12-14H2,1-3H3. The van der Waals surface area contributed by atoms with Crippen molar-refractivity contribution in [1.82, 2.24) is 9.38 Å². The van der Waals surface area contributed by atoms with Crippen LogP contribution >= 0.6 is 0 Å². The Morgan fingerprint density at radius 2 is 1.87 bits per heavy atom. The highest BCUT2D eigenvalue weighted by atomic mass is 15.2. The van der Waals surface area contributed by atoms with Crippen molar-refractivity contribution in [3.8, 4) is 0 Å². The molecule has 1 saturated heterocycles. The minimum Gasteiger partial charge on any atom is -0.354 e. The summed E-state index contributed by atoms with van der Waals surface area (Å²) in [4.78, 5) is 7.54. The van der Waals surface area contributed by atoms with Gasteiger partial charge >= 0.3 is 0 Å². The monoisotopic (exact) mass is 307 g/mol. The largest absolute Gasteiger partial charge is 0.354 e. The molecule has 2 aromatic heterocycles. The minimum atomic E-state index is 0.326. The molecule has 4 rings (SSSR count). The van der Waals surface area contributed by atoms with Crippen LogP contribution in [-0.4, -0.2) is 22.5 Å². The van der Waals surface area contributed by atoms with Crippen molar-refractivity contribution in [1.29, 1.82) is 0 Å². The number of aromatic nitrogens is 2. The first-order valence-corrected chi connectivity index (χ1v) is 8.64. The normalized spacial score (nSPS) is 21.7. The van der Waals surface area contributed by atoms with Crippen LogP contribution in [0.4, 0.5) is 5.82 Å². The Morgan fingerprint density at radius 3 is 2.74 bits per heavy atom. The van der Waals surface area contributed by atoms with Gasteiger partial charge in [-0.2, -0.15) is 0 Å². The predicted molar refractivity (Wildman–Crippen MR) is 97.1 cm³/mol. The summed E-state index contributed by atoms with van der Waals surface area (Å²) in [6.07, 6.45) is 4.67. The second-order valence-electron chi connectivity index (χ2n) is 7.87. The first kappa shape index (κ1) is 14.6. The van der Waals surface area contributed by atoms with Gasteiger partial charge in [-0.1, -0.05) is 32.9 Å². The molecule has 0 N–H and O–H groups in total. The van der Waals surface area contributed by atoms with Gasteiger partial charge in [-0.3, -0.25) is 0 Å². The van der Waals surface area contributed by atoms with Gasteiger partial charge in [0, 0.05) is 19.3 Å². The highest BCUT2D eigenvalue weighted by molar-refractivity contribution is 5.85. The molecule has 1 aromatic carbocycles. The first-order valence-electron chi connectivity index (χ1n) is 8.64. The van der Waals surface area contributed by atoms with E-state index in [0.717, 1.165) is 30.3 Å². The Morgan fingerprint density at radius 1 is 1.09 bits per heavy atom. The zero-order valence-corrected chi connectivity index (χ0v) is 14.3. The highest BCUT2D eigenvalue weighted by Crippen LogP contribution is 2.35. The summed E-state index contributed by atoms with van der Waals surface area (Å²) < 4.78 is 2.28. The molecule has 0 bridgehead atoms. The Hall–Kier alpha value is -2.03. The zero-order chi connectivity index (χ0) is 16.0. The maximum absolute atomic E-state index is 5.04. The predicted octanol–water partition coefficient (Wildman–Crippen LogP) is 4.75. The SMILES string of the molecule is CC1CCN(c2nc3ccccc3n3cccc23)CC(C)(C)C1. The maximum Gasteiger partial charge on any atom is 0.153 e. The lowest BCUT2D eigenvalue weighted by Crippen LogP contribution is -2.33. The van der Waals surface area contributed by atoms with Crippen molar-refractivity contribution in [2.75, 3.05) is 18.0 Å². The number of hydrogen-bond donors (Lipinski definition) is 0. The quantitative estimate of drug-likeness (QED) is 0.646. The Bertz CT molecular complexity index is 846. The summed E-state index contributed by atoms with van der Waals surface area (Å²) in [5.41, 5.74) is 3.79. The molecular formula is C20H25N3. The third-order valence-corrected chi connectivity index (χ3v) is 5.06. The summed E-state index contributed by atoms with van der Waals surface area (Å²) in [5, 5.41) is 0. The fourth-order valence-corrected chi connectivity index (χ4v) is 4.20. The van der Waals surface area contributed by atoms with Crippen LogP contribution in [0, 0.1) is 11.3 Å². The molecular weight excluding hydrogens is 282 g/mol. The van der Waals surface area contributed by atoms with E-state index in [1.807, 2.05) is 0 Å². The fourth-order valence-electron chi connectivity index (χ4n) is 4.20. The number of nitrogens with zero attached hydrogens (tertiary/aromatic N) is 3. The molecule has 1 atom stereocenters. The molecule has 1 aliphatic heterocycles. The van der Waals surface area contributed by atoms with Crippen molar-refractivity contribution in [3.63, 3.8) is 0 Å². The van der Waals surface area contributed by atoms with E-state index in [1.54, 1.807) is 0 Å². The van der Waals surface area contributed by atoms with Gasteiger partial charge in [-0.15, -0.1) is 0 Å². The van der Waals surface area contributed by atoms with Crippen LogP contribution in [0.2, 0.25) is 0 Å². The second kappa shape index (κ2) is 5.26. The van der Waals surface area contributed by atoms with E-state index in [9.17, 15) is 0 Å². The molecule has 1 unspecified atom stereocenters. The van der Waals surface area contributed by atoms with Gasteiger partial charge < -0.3 is 9.30 Å². The lowest BCUT2D eigenvalue weighted by molar-refractivity contribution is 0.302. The Kier molecular flexibility index (Phi) is 3.33. The highest BCUT2D eigenvalue weighted by Gasteiger charge is 2.29. The van der Waals surface area contributed by atoms with Crippen molar-refractivity contribution in [2.45, 2.75) is 33.6 Å². The van der Waals surface area contributed by atoms with E-state index >= 15 is 0 Å². The van der Waals surface area contributed by atoms with E-state index in [0.29, 0.717) is 5.41 Å². The number of anilines is 1. The molecule has 1 aliphatic rings. The average Bonchev–Trinajstić information content (AvgIpc) is 2.94. The van der Waals surface area contributed by atoms with Crippen LogP contribution < -0.4 is 4.90 Å². The van der Waals surface area contributed by atoms with E-state index in [-0.39, 0.29) is 0 Å². The summed E-state index contributed by atoms with van der Waals surface area (Å²) in [5.74, 6) is 1.91. The molecule has 0 spiro atoms. The first-order chi connectivity index (χ1) is 11.0. The average molecular weight is 307 g/mol. The summed E-state index contributed by atoms with van der Waals surface area (Å²) in [7, 11) is 0. The summed E-state index contributed by atoms with van der Waals surface area (Å²) in [6.45, 7) is 9.32. The van der Waals surface area contributed by atoms with Crippen LogP contribution in [0.15, 0.2) is 42.6 Å². The second-order valence-corrected chi connectivity index (χ2v) is 7.87. The van der Waals surface area contributed by atoms with Gasteiger partial charge in [-0.25, -0.2) is 4.98 Å². The van der Waals surface area contributed by atoms with Crippen LogP contribution in [0.25, 0.3) is 16.6 Å². The molecule has 0 aliphatic carbocycles. The summed E-state index contributed by atoms with van der Waals surface area (Å²) >= 11 is 0. The molecule has 0 saturated carbocycles. The maximum atomic E-state index is 5.04. The molecule has 1 fully saturated rings. The molecule has 120 valence electrons. The zero-order valence-electron chi connectivity index (χ0n) is 14.3. The third kappa shape index (κ3) is 2.58. The van der Waals surface area contributed by atoms with E-state index in [2.05, 4.69) is 72.7 Å². The molecule has 3 heterocycles. The van der Waals surface area contributed by atoms with Gasteiger partial charge in [0.1, 0.15) is 0 Å². The lowest BCUT2D eigenvalue weighted by atomic mass is 9.83. The minimum absolute atomic E-state index is 0.326. The number of fused-ring (bicyclic) bond motifs is 3. The molecule has 3 nitrogen and oxygen atoms in total. The van der Waals surface area contributed by atoms with Gasteiger partial charge in [0.25, 0.3) is 0 Å². The van der Waals surface area contributed by atoms with Crippen LogP contribution in [0.3, 0.4) is 0 Å². The van der Waals surface area contributed by atoms with Gasteiger partial charge in [0.2, 0.25) is 0 Å². The van der Waals surface area contributed by atoms with Gasteiger partial charge in [0.05, 0.1) is 16.6 Å². The topological polar surface area (TPSA) is 20.5 Å². The van der Waals surface area contributed by atoms with Gasteiger partial charge in [-0.05, 0) is 48.4 Å². The Labute approximate surface area is 137 Å². The molecule has 0 amide bonds. The summed E-state index contributed by atoms with van der Waals surface area (Å²) in [6, 6.07) is 12.7. The van der Waals surface area contributed by atoms with Crippen molar-refractivity contribution in [3.05, 3.63) is 42.6 Å². The molecule has 3 heteroatoms. The lowest BCUT2D eigenvalue weighted by Gasteiger charge is -2.31. The smallest absolute Gasteiger partial charge is 0.153 e. The number of benzene rings is 1. The molecule has 3 aromatic rings. The van der Waals surface area contributed by atoms with Crippen molar-refractivity contribution >= 4 is 22.4 Å². The van der Waals surface area contributed by atoms with E-state index < -0.39 is 0 Å². The Balaban J connectivity index is 1.88. The van der Waals surface area contributed by atoms with Crippen molar-refractivity contribution in [2.24, 2.45) is 11.3 Å². The number of hydrogen-bond acceptors (Lipinski definition) is 2. The van der Waals surface area contributed by atoms with Gasteiger partial charge in [0.15, 0.2) is 5.82 Å². The fraction of sp³-hybridized carbons (Fsp3) is 0.450. The molecule has 23 heavy (non-hydrogen) atoms. The van der Waals surface area contributed by atoms with Crippen LogP contribution in [0.1, 0.15) is 33.6 Å². The number of rotatable bonds is 1. The van der Waals surface area contributed by atoms with Crippen LogP contribution in [-0.2, 0) is 0 Å². The van der Waals surface area contributed by atoms with E-state index in [4.69, 9.17) is 4.98 Å². The van der Waals surface area contributed by atoms with Crippen molar-refractivity contribution < 1.29 is 0 Å². The number of para-hydroxylation sites is 2. The van der Waals surface area contributed by atoms with Crippen LogP contribution in [0.5, 0.6) is 0 Å². The molecule has 0 radical (unpaired) electrons. The van der Waals surface area contributed by atoms with E-state index in [1.165, 1.54) is 23.9 Å².